The minimum absolute atomic E-state index is 0.0510. The fourth-order valence-electron chi connectivity index (χ4n) is 3.74. The van der Waals surface area contributed by atoms with Crippen LogP contribution in [0.25, 0.3) is 0 Å². The van der Waals surface area contributed by atoms with E-state index in [1.807, 2.05) is 62.4 Å². The molecule has 1 N–H and O–H groups in total. The Balaban J connectivity index is 1.88. The van der Waals surface area contributed by atoms with Crippen molar-refractivity contribution in [1.29, 1.82) is 0 Å². The average Bonchev–Trinajstić information content (AvgIpc) is 2.84. The zero-order valence-corrected chi connectivity index (χ0v) is 22.5. The summed E-state index contributed by atoms with van der Waals surface area (Å²) in [5, 5.41) is 3.79. The summed E-state index contributed by atoms with van der Waals surface area (Å²) in [6, 6.07) is 20.5. The summed E-state index contributed by atoms with van der Waals surface area (Å²) in [7, 11) is 0. The highest BCUT2D eigenvalue weighted by Crippen LogP contribution is 2.25. The van der Waals surface area contributed by atoms with Crippen LogP contribution in [0.5, 0.6) is 0 Å². The van der Waals surface area contributed by atoms with Crippen LogP contribution < -0.4 is 5.32 Å². The maximum absolute atomic E-state index is 14.2. The predicted octanol–water partition coefficient (Wildman–Crippen LogP) is 6.53. The minimum atomic E-state index is -0.753. The van der Waals surface area contributed by atoms with E-state index >= 15 is 0 Å². The molecule has 0 unspecified atom stereocenters. The molecule has 0 spiro atoms. The second-order valence-electron chi connectivity index (χ2n) is 8.67. The quantitative estimate of drug-likeness (QED) is 0.297. The Labute approximate surface area is 226 Å². The van der Waals surface area contributed by atoms with Crippen molar-refractivity contribution in [3.8, 4) is 0 Å². The van der Waals surface area contributed by atoms with Gasteiger partial charge in [-0.3, -0.25) is 9.59 Å². The second kappa shape index (κ2) is 13.7. The van der Waals surface area contributed by atoms with E-state index in [4.69, 9.17) is 23.2 Å². The number of hydrogen-bond donors (Lipinski definition) is 1. The SMILES string of the molecule is CC(C)NC(=O)[C@H](Cc1ccccc1)N(Cc1ccccc1Cl)C(=O)CSCc1c(F)cccc1Cl. The zero-order valence-electron chi connectivity index (χ0n) is 20.2. The summed E-state index contributed by atoms with van der Waals surface area (Å²) >= 11 is 13.8. The van der Waals surface area contributed by atoms with Crippen LogP contribution in [-0.2, 0) is 28.3 Å². The fourth-order valence-corrected chi connectivity index (χ4v) is 5.18. The van der Waals surface area contributed by atoms with Gasteiger partial charge in [0.25, 0.3) is 0 Å². The largest absolute Gasteiger partial charge is 0.352 e. The summed E-state index contributed by atoms with van der Waals surface area (Å²) < 4.78 is 14.2. The van der Waals surface area contributed by atoms with Crippen molar-refractivity contribution in [3.05, 3.63) is 105 Å². The molecule has 0 saturated heterocycles. The standard InChI is InChI=1S/C28H29Cl2FN2O2S/c1-19(2)32-28(35)26(15-20-9-4-3-5-10-20)33(16-21-11-6-7-12-23(21)29)27(34)18-36-17-22-24(30)13-8-14-25(22)31/h3-14,19,26H,15-18H2,1-2H3,(H,32,35)/t26-/m0/s1. The molecule has 8 heteroatoms. The van der Waals surface area contributed by atoms with E-state index in [1.54, 1.807) is 23.1 Å². The van der Waals surface area contributed by atoms with E-state index in [9.17, 15) is 14.0 Å². The molecular formula is C28H29Cl2FN2O2S. The third kappa shape index (κ3) is 7.99. The first-order chi connectivity index (χ1) is 17.3. The predicted molar refractivity (Wildman–Crippen MR) is 147 cm³/mol. The second-order valence-corrected chi connectivity index (χ2v) is 10.5. The summed E-state index contributed by atoms with van der Waals surface area (Å²) in [6.45, 7) is 3.93. The molecule has 0 aromatic heterocycles. The van der Waals surface area contributed by atoms with Gasteiger partial charge in [-0.25, -0.2) is 4.39 Å². The molecule has 0 saturated carbocycles. The maximum Gasteiger partial charge on any atom is 0.243 e. The Morgan fingerprint density at radius 1 is 0.944 bits per heavy atom. The summed E-state index contributed by atoms with van der Waals surface area (Å²) in [5.74, 6) is -0.606. The number of benzene rings is 3. The highest BCUT2D eigenvalue weighted by Gasteiger charge is 2.31. The monoisotopic (exact) mass is 546 g/mol. The molecule has 3 aromatic rings. The van der Waals surface area contributed by atoms with Crippen molar-refractivity contribution < 1.29 is 14.0 Å². The van der Waals surface area contributed by atoms with Gasteiger partial charge in [0.05, 0.1) is 5.75 Å². The Hall–Kier alpha value is -2.54. The van der Waals surface area contributed by atoms with Gasteiger partial charge in [-0.2, -0.15) is 0 Å². The lowest BCUT2D eigenvalue weighted by Crippen LogP contribution is -2.52. The molecule has 3 rings (SSSR count). The third-order valence-electron chi connectivity index (χ3n) is 5.53. The zero-order chi connectivity index (χ0) is 26.1. The highest BCUT2D eigenvalue weighted by atomic mass is 35.5. The molecule has 0 aliphatic rings. The van der Waals surface area contributed by atoms with Crippen LogP contribution in [0.1, 0.15) is 30.5 Å². The Morgan fingerprint density at radius 3 is 2.28 bits per heavy atom. The van der Waals surface area contributed by atoms with Gasteiger partial charge in [0, 0.05) is 40.4 Å². The van der Waals surface area contributed by atoms with E-state index < -0.39 is 11.9 Å². The van der Waals surface area contributed by atoms with E-state index in [0.717, 1.165) is 11.1 Å². The molecule has 36 heavy (non-hydrogen) atoms. The molecule has 1 atom stereocenters. The first kappa shape index (κ1) is 28.0. The van der Waals surface area contributed by atoms with Crippen molar-refractivity contribution in [2.75, 3.05) is 5.75 Å². The Morgan fingerprint density at radius 2 is 1.61 bits per heavy atom. The number of amides is 2. The molecule has 3 aromatic carbocycles. The smallest absolute Gasteiger partial charge is 0.243 e. The lowest BCUT2D eigenvalue weighted by atomic mass is 10.0. The Kier molecular flexibility index (Phi) is 10.7. The van der Waals surface area contributed by atoms with Crippen molar-refractivity contribution in [2.24, 2.45) is 0 Å². The molecule has 0 aliphatic heterocycles. The van der Waals surface area contributed by atoms with Crippen LogP contribution in [0.3, 0.4) is 0 Å². The fraction of sp³-hybridized carbons (Fsp3) is 0.286. The number of thioether (sulfide) groups is 1. The van der Waals surface area contributed by atoms with Gasteiger partial charge in [0.2, 0.25) is 11.8 Å². The van der Waals surface area contributed by atoms with E-state index in [-0.39, 0.29) is 35.9 Å². The number of carbonyl (C=O) groups is 2. The lowest BCUT2D eigenvalue weighted by molar-refractivity contribution is -0.139. The average molecular weight is 548 g/mol. The molecule has 0 bridgehead atoms. The molecule has 190 valence electrons. The van der Waals surface area contributed by atoms with Gasteiger partial charge >= 0.3 is 0 Å². The summed E-state index contributed by atoms with van der Waals surface area (Å²) in [5.41, 5.74) is 2.03. The van der Waals surface area contributed by atoms with Gasteiger partial charge in [-0.05, 0) is 43.2 Å². The van der Waals surface area contributed by atoms with E-state index in [1.165, 1.54) is 17.8 Å². The number of nitrogens with zero attached hydrogens (tertiary/aromatic N) is 1. The topological polar surface area (TPSA) is 49.4 Å². The van der Waals surface area contributed by atoms with Crippen LogP contribution in [0, 0.1) is 5.82 Å². The number of nitrogens with one attached hydrogen (secondary N) is 1. The maximum atomic E-state index is 14.2. The molecular weight excluding hydrogens is 518 g/mol. The van der Waals surface area contributed by atoms with Crippen molar-refractivity contribution in [2.45, 2.75) is 44.6 Å². The first-order valence-corrected chi connectivity index (χ1v) is 13.5. The number of rotatable bonds is 11. The van der Waals surface area contributed by atoms with Crippen LogP contribution in [0.15, 0.2) is 72.8 Å². The first-order valence-electron chi connectivity index (χ1n) is 11.6. The highest BCUT2D eigenvalue weighted by molar-refractivity contribution is 7.99. The summed E-state index contributed by atoms with van der Waals surface area (Å²) in [4.78, 5) is 28.5. The lowest BCUT2D eigenvalue weighted by Gasteiger charge is -2.32. The number of hydrogen-bond acceptors (Lipinski definition) is 3. The molecule has 4 nitrogen and oxygen atoms in total. The van der Waals surface area contributed by atoms with Crippen LogP contribution >= 0.6 is 35.0 Å². The van der Waals surface area contributed by atoms with Gasteiger partial charge in [0.1, 0.15) is 11.9 Å². The van der Waals surface area contributed by atoms with Crippen LogP contribution in [0.2, 0.25) is 10.0 Å². The van der Waals surface area contributed by atoms with Crippen molar-refractivity contribution in [1.82, 2.24) is 10.2 Å². The van der Waals surface area contributed by atoms with Gasteiger partial charge in [0.15, 0.2) is 0 Å². The number of carbonyl (C=O) groups excluding carboxylic acids is 2. The molecule has 0 aliphatic carbocycles. The van der Waals surface area contributed by atoms with Crippen molar-refractivity contribution >= 4 is 46.8 Å². The van der Waals surface area contributed by atoms with Gasteiger partial charge in [-0.1, -0.05) is 77.8 Å². The van der Waals surface area contributed by atoms with E-state index in [0.29, 0.717) is 22.0 Å². The van der Waals surface area contributed by atoms with Crippen LogP contribution in [-0.4, -0.2) is 34.6 Å². The normalized spacial score (nSPS) is 11.8. The van der Waals surface area contributed by atoms with Gasteiger partial charge < -0.3 is 10.2 Å². The molecule has 0 radical (unpaired) electrons. The number of halogens is 3. The minimum Gasteiger partial charge on any atom is -0.352 e. The van der Waals surface area contributed by atoms with Gasteiger partial charge in [-0.15, -0.1) is 11.8 Å². The Bertz CT molecular complexity index is 1160. The van der Waals surface area contributed by atoms with Crippen molar-refractivity contribution in [3.63, 3.8) is 0 Å². The third-order valence-corrected chi connectivity index (χ3v) is 7.20. The molecule has 0 fully saturated rings. The van der Waals surface area contributed by atoms with Crippen LogP contribution in [0.4, 0.5) is 4.39 Å². The summed E-state index contributed by atoms with van der Waals surface area (Å²) in [6.07, 6.45) is 0.347. The van der Waals surface area contributed by atoms with E-state index in [2.05, 4.69) is 5.32 Å². The molecule has 2 amide bonds. The molecule has 0 heterocycles.